The van der Waals surface area contributed by atoms with Crippen LogP contribution in [0, 0.1) is 5.92 Å². The lowest BCUT2D eigenvalue weighted by Crippen LogP contribution is -2.42. The third kappa shape index (κ3) is 9.28. The van der Waals surface area contributed by atoms with Gasteiger partial charge in [-0.15, -0.1) is 0 Å². The summed E-state index contributed by atoms with van der Waals surface area (Å²) in [5, 5.41) is 6.69. The molecule has 108 valence electrons. The van der Waals surface area contributed by atoms with Crippen molar-refractivity contribution in [3.05, 3.63) is 0 Å². The highest BCUT2D eigenvalue weighted by Crippen LogP contribution is 2.01. The summed E-state index contributed by atoms with van der Waals surface area (Å²) in [6.45, 7) is 11.9. The Kier molecular flexibility index (Phi) is 9.74. The Balaban J connectivity index is 3.66. The first kappa shape index (κ1) is 17.2. The van der Waals surface area contributed by atoms with Crippen LogP contribution in [-0.4, -0.2) is 50.6 Å². The molecule has 0 aromatic heterocycles. The minimum atomic E-state index is 0.591. The molecule has 18 heavy (non-hydrogen) atoms. The van der Waals surface area contributed by atoms with E-state index in [4.69, 9.17) is 0 Å². The highest BCUT2D eigenvalue weighted by molar-refractivity contribution is 5.79. The van der Waals surface area contributed by atoms with Gasteiger partial charge in [0.15, 0.2) is 5.96 Å². The quantitative estimate of drug-likeness (QED) is 0.396. The largest absolute Gasteiger partial charge is 0.356 e. The van der Waals surface area contributed by atoms with Crippen LogP contribution in [0.4, 0.5) is 0 Å². The molecule has 0 aromatic rings. The van der Waals surface area contributed by atoms with Crippen molar-refractivity contribution >= 4 is 5.96 Å². The van der Waals surface area contributed by atoms with Gasteiger partial charge in [0.25, 0.3) is 0 Å². The van der Waals surface area contributed by atoms with Crippen LogP contribution in [0.1, 0.15) is 40.5 Å². The first-order valence-electron chi connectivity index (χ1n) is 7.12. The van der Waals surface area contributed by atoms with Gasteiger partial charge in [0.2, 0.25) is 0 Å². The monoisotopic (exact) mass is 256 g/mol. The number of likely N-dealkylation sites (N-methyl/N-ethyl adjacent to an activating group) is 1. The Morgan fingerprint density at radius 2 is 1.72 bits per heavy atom. The topological polar surface area (TPSA) is 39.7 Å². The molecular formula is C14H32N4. The second-order valence-corrected chi connectivity index (χ2v) is 5.54. The van der Waals surface area contributed by atoms with Crippen molar-refractivity contribution < 1.29 is 0 Å². The molecule has 0 unspecified atom stereocenters. The van der Waals surface area contributed by atoms with Crippen LogP contribution >= 0.6 is 0 Å². The molecule has 4 nitrogen and oxygen atoms in total. The maximum atomic E-state index is 4.22. The molecule has 2 N–H and O–H groups in total. The summed E-state index contributed by atoms with van der Waals surface area (Å²) in [6.07, 6.45) is 2.46. The zero-order valence-corrected chi connectivity index (χ0v) is 13.1. The average Bonchev–Trinajstić information content (AvgIpc) is 2.31. The van der Waals surface area contributed by atoms with Crippen LogP contribution in [0.15, 0.2) is 4.99 Å². The lowest BCUT2D eigenvalue weighted by molar-refractivity contribution is 0.278. The maximum absolute atomic E-state index is 4.22. The third-order valence-corrected chi connectivity index (χ3v) is 3.11. The molecule has 0 aromatic carbocycles. The molecule has 0 atom stereocenters. The molecule has 4 heteroatoms. The number of hydrogen-bond donors (Lipinski definition) is 2. The van der Waals surface area contributed by atoms with Crippen LogP contribution in [0.25, 0.3) is 0 Å². The number of rotatable bonds is 8. The van der Waals surface area contributed by atoms with Crippen molar-refractivity contribution in [3.8, 4) is 0 Å². The van der Waals surface area contributed by atoms with Crippen LogP contribution < -0.4 is 10.6 Å². The standard InChI is InChI=1S/C14H32N4/c1-12(2)8-7-9-16-14(15-5)17-10-11-18(6)13(3)4/h12-13H,7-11H2,1-6H3,(H2,15,16,17). The Hall–Kier alpha value is -0.770. The highest BCUT2D eigenvalue weighted by Gasteiger charge is 2.03. The summed E-state index contributed by atoms with van der Waals surface area (Å²) in [4.78, 5) is 6.54. The molecule has 0 saturated heterocycles. The fourth-order valence-corrected chi connectivity index (χ4v) is 1.55. The van der Waals surface area contributed by atoms with E-state index in [2.05, 4.69) is 55.3 Å². The van der Waals surface area contributed by atoms with Crippen LogP contribution in [-0.2, 0) is 0 Å². The summed E-state index contributed by atoms with van der Waals surface area (Å²) < 4.78 is 0. The van der Waals surface area contributed by atoms with Crippen molar-refractivity contribution in [2.24, 2.45) is 10.9 Å². The van der Waals surface area contributed by atoms with E-state index in [0.717, 1.165) is 31.5 Å². The molecule has 0 aliphatic heterocycles. The second kappa shape index (κ2) is 10.2. The van der Waals surface area contributed by atoms with Gasteiger partial charge in [-0.25, -0.2) is 0 Å². The molecule has 0 fully saturated rings. The van der Waals surface area contributed by atoms with Crippen LogP contribution in [0.2, 0.25) is 0 Å². The third-order valence-electron chi connectivity index (χ3n) is 3.11. The van der Waals surface area contributed by atoms with Crippen molar-refractivity contribution in [2.45, 2.75) is 46.6 Å². The van der Waals surface area contributed by atoms with E-state index in [-0.39, 0.29) is 0 Å². The molecule has 0 saturated carbocycles. The number of nitrogens with one attached hydrogen (secondary N) is 2. The lowest BCUT2D eigenvalue weighted by Gasteiger charge is -2.21. The van der Waals surface area contributed by atoms with Gasteiger partial charge in [-0.1, -0.05) is 13.8 Å². The van der Waals surface area contributed by atoms with Gasteiger partial charge in [-0.2, -0.15) is 0 Å². The molecule has 0 bridgehead atoms. The average molecular weight is 256 g/mol. The minimum absolute atomic E-state index is 0.591. The van der Waals surface area contributed by atoms with Crippen LogP contribution in [0.3, 0.4) is 0 Å². The summed E-state index contributed by atoms with van der Waals surface area (Å²) >= 11 is 0. The highest BCUT2D eigenvalue weighted by atomic mass is 15.2. The predicted octanol–water partition coefficient (Wildman–Crippen LogP) is 1.93. The van der Waals surface area contributed by atoms with Crippen molar-refractivity contribution in [1.29, 1.82) is 0 Å². The zero-order chi connectivity index (χ0) is 14.0. The molecule has 0 rings (SSSR count). The maximum Gasteiger partial charge on any atom is 0.191 e. The SMILES string of the molecule is CN=C(NCCCC(C)C)NCCN(C)C(C)C. The van der Waals surface area contributed by atoms with E-state index in [1.807, 2.05) is 7.05 Å². The van der Waals surface area contributed by atoms with Gasteiger partial charge in [0.1, 0.15) is 0 Å². The smallest absolute Gasteiger partial charge is 0.191 e. The van der Waals surface area contributed by atoms with Crippen molar-refractivity contribution in [2.75, 3.05) is 33.7 Å². The lowest BCUT2D eigenvalue weighted by atomic mass is 10.1. The fraction of sp³-hybridized carbons (Fsp3) is 0.929. The number of guanidine groups is 1. The van der Waals surface area contributed by atoms with Gasteiger partial charge in [-0.3, -0.25) is 4.99 Å². The predicted molar refractivity (Wildman–Crippen MR) is 81.2 cm³/mol. The van der Waals surface area contributed by atoms with E-state index in [1.165, 1.54) is 12.8 Å². The Labute approximate surface area is 113 Å². The molecule has 0 aliphatic carbocycles. The zero-order valence-electron chi connectivity index (χ0n) is 13.1. The molecular weight excluding hydrogens is 224 g/mol. The van der Waals surface area contributed by atoms with E-state index >= 15 is 0 Å². The minimum Gasteiger partial charge on any atom is -0.356 e. The summed E-state index contributed by atoms with van der Waals surface area (Å²) in [7, 11) is 3.97. The van der Waals surface area contributed by atoms with Gasteiger partial charge in [0, 0.05) is 32.7 Å². The molecule has 0 radical (unpaired) electrons. The normalized spacial score (nSPS) is 12.6. The van der Waals surface area contributed by atoms with Crippen molar-refractivity contribution in [1.82, 2.24) is 15.5 Å². The summed E-state index contributed by atoms with van der Waals surface area (Å²) in [5.41, 5.74) is 0. The van der Waals surface area contributed by atoms with Gasteiger partial charge in [0.05, 0.1) is 0 Å². The summed E-state index contributed by atoms with van der Waals surface area (Å²) in [6, 6.07) is 0.591. The first-order valence-corrected chi connectivity index (χ1v) is 7.12. The van der Waals surface area contributed by atoms with E-state index in [1.54, 1.807) is 0 Å². The molecule has 0 heterocycles. The Morgan fingerprint density at radius 3 is 2.22 bits per heavy atom. The Morgan fingerprint density at radius 1 is 1.11 bits per heavy atom. The molecule has 0 spiro atoms. The van der Waals surface area contributed by atoms with Crippen LogP contribution in [0.5, 0.6) is 0 Å². The fourth-order valence-electron chi connectivity index (χ4n) is 1.55. The number of aliphatic imine (C=N–C) groups is 1. The van der Waals surface area contributed by atoms with Gasteiger partial charge in [-0.05, 0) is 39.7 Å². The Bertz CT molecular complexity index is 224. The second-order valence-electron chi connectivity index (χ2n) is 5.54. The molecule has 0 amide bonds. The molecule has 0 aliphatic rings. The van der Waals surface area contributed by atoms with Crippen molar-refractivity contribution in [3.63, 3.8) is 0 Å². The van der Waals surface area contributed by atoms with E-state index in [9.17, 15) is 0 Å². The van der Waals surface area contributed by atoms with Gasteiger partial charge < -0.3 is 15.5 Å². The van der Waals surface area contributed by atoms with Gasteiger partial charge >= 0.3 is 0 Å². The summed E-state index contributed by atoms with van der Waals surface area (Å²) in [5.74, 6) is 1.69. The van der Waals surface area contributed by atoms with E-state index in [0.29, 0.717) is 6.04 Å². The number of nitrogens with zero attached hydrogens (tertiary/aromatic N) is 2. The first-order chi connectivity index (χ1) is 8.47. The number of hydrogen-bond acceptors (Lipinski definition) is 2. The van der Waals surface area contributed by atoms with E-state index < -0.39 is 0 Å².